The number of amides is 1. The largest absolute Gasteiger partial charge is 0.490 e. The van der Waals surface area contributed by atoms with E-state index in [9.17, 15) is 9.59 Å². The molecule has 1 amide bonds. The molecule has 27 heavy (non-hydrogen) atoms. The summed E-state index contributed by atoms with van der Waals surface area (Å²) in [6, 6.07) is 6.23. The number of carbonyl (C=O) groups excluding carboxylic acids is 1. The third-order valence-electron chi connectivity index (χ3n) is 5.41. The minimum atomic E-state index is -0.0682. The highest BCUT2D eigenvalue weighted by Crippen LogP contribution is 2.29. The molecule has 0 saturated carbocycles. The van der Waals surface area contributed by atoms with Gasteiger partial charge in [-0.15, -0.1) is 0 Å². The molecule has 0 saturated heterocycles. The first-order valence-corrected chi connectivity index (χ1v) is 9.64. The summed E-state index contributed by atoms with van der Waals surface area (Å²) in [7, 11) is 0. The van der Waals surface area contributed by atoms with Crippen molar-refractivity contribution in [3.05, 3.63) is 56.8 Å². The van der Waals surface area contributed by atoms with E-state index in [1.54, 1.807) is 6.92 Å². The molecule has 6 nitrogen and oxygen atoms in total. The number of hydrogen-bond donors (Lipinski definition) is 1. The first kappa shape index (κ1) is 17.8. The van der Waals surface area contributed by atoms with Crippen LogP contribution in [0, 0.1) is 6.92 Å². The third kappa shape index (κ3) is 3.75. The van der Waals surface area contributed by atoms with Crippen LogP contribution in [0.1, 0.15) is 41.6 Å². The van der Waals surface area contributed by atoms with Gasteiger partial charge in [0.2, 0.25) is 5.91 Å². The Morgan fingerprint density at radius 3 is 3.00 bits per heavy atom. The van der Waals surface area contributed by atoms with E-state index in [1.165, 1.54) is 11.1 Å². The molecule has 0 radical (unpaired) electrons. The number of nitrogens with zero attached hydrogens (tertiary/aromatic N) is 2. The fraction of sp³-hybridized carbons (Fsp3) is 0.476. The molecule has 0 spiro atoms. The Kier molecular flexibility index (Phi) is 4.72. The van der Waals surface area contributed by atoms with Crippen molar-refractivity contribution in [2.45, 2.75) is 52.1 Å². The van der Waals surface area contributed by atoms with Gasteiger partial charge in [-0.2, -0.15) is 0 Å². The van der Waals surface area contributed by atoms with Gasteiger partial charge in [-0.1, -0.05) is 12.1 Å². The van der Waals surface area contributed by atoms with E-state index in [2.05, 4.69) is 29.0 Å². The van der Waals surface area contributed by atoms with E-state index in [0.717, 1.165) is 29.8 Å². The maximum absolute atomic E-state index is 12.7. The smallest absolute Gasteiger partial charge is 0.254 e. The quantitative estimate of drug-likeness (QED) is 0.900. The molecular weight excluding hydrogens is 342 g/mol. The first-order valence-electron chi connectivity index (χ1n) is 9.64. The van der Waals surface area contributed by atoms with Crippen LogP contribution in [0.4, 0.5) is 0 Å². The number of aromatic nitrogens is 2. The summed E-state index contributed by atoms with van der Waals surface area (Å²) in [5, 5.41) is 0. The van der Waals surface area contributed by atoms with Crippen molar-refractivity contribution in [2.24, 2.45) is 0 Å². The van der Waals surface area contributed by atoms with Crippen molar-refractivity contribution < 1.29 is 9.53 Å². The first-order chi connectivity index (χ1) is 13.0. The number of aromatic amines is 1. The van der Waals surface area contributed by atoms with Crippen LogP contribution in [0.3, 0.4) is 0 Å². The standard InChI is InChI=1S/C21H25N3O3/c1-13-11-16-12-15(3-5-19(16)27-13)4-6-20(25)24-9-7-17-18(8-10-24)22-14(2)23-21(17)26/h3,5,12-13H,4,6-11H2,1-2H3,(H,22,23,26). The minimum Gasteiger partial charge on any atom is -0.490 e. The highest BCUT2D eigenvalue weighted by Gasteiger charge is 2.22. The molecule has 1 N–H and O–H groups in total. The van der Waals surface area contributed by atoms with Gasteiger partial charge in [0.1, 0.15) is 17.7 Å². The van der Waals surface area contributed by atoms with Crippen LogP contribution in [0.25, 0.3) is 0 Å². The van der Waals surface area contributed by atoms with Gasteiger partial charge >= 0.3 is 0 Å². The lowest BCUT2D eigenvalue weighted by atomic mass is 10.0. The molecule has 4 rings (SSSR count). The number of hydrogen-bond acceptors (Lipinski definition) is 4. The van der Waals surface area contributed by atoms with Crippen LogP contribution in [0.15, 0.2) is 23.0 Å². The molecule has 0 bridgehead atoms. The van der Waals surface area contributed by atoms with Crippen molar-refractivity contribution in [3.63, 3.8) is 0 Å². The number of benzene rings is 1. The third-order valence-corrected chi connectivity index (χ3v) is 5.41. The van der Waals surface area contributed by atoms with E-state index in [-0.39, 0.29) is 17.6 Å². The number of fused-ring (bicyclic) bond motifs is 2. The number of nitrogens with one attached hydrogen (secondary N) is 1. The Hall–Kier alpha value is -2.63. The minimum absolute atomic E-state index is 0.0682. The summed E-state index contributed by atoms with van der Waals surface area (Å²) in [6.45, 7) is 5.06. The van der Waals surface area contributed by atoms with Crippen molar-refractivity contribution in [1.82, 2.24) is 14.9 Å². The Morgan fingerprint density at radius 1 is 1.33 bits per heavy atom. The van der Waals surface area contributed by atoms with Crippen molar-refractivity contribution in [2.75, 3.05) is 13.1 Å². The molecule has 2 aromatic rings. The molecule has 6 heteroatoms. The van der Waals surface area contributed by atoms with E-state index in [1.807, 2.05) is 11.0 Å². The zero-order valence-corrected chi connectivity index (χ0v) is 15.9. The molecule has 2 aliphatic heterocycles. The summed E-state index contributed by atoms with van der Waals surface area (Å²) in [6.07, 6.45) is 3.58. The second kappa shape index (κ2) is 7.18. The summed E-state index contributed by atoms with van der Waals surface area (Å²) in [5.41, 5.74) is 3.90. The number of aryl methyl sites for hydroxylation is 2. The van der Waals surface area contributed by atoms with Crippen LogP contribution < -0.4 is 10.3 Å². The molecule has 3 heterocycles. The van der Waals surface area contributed by atoms with Crippen LogP contribution in [-0.4, -0.2) is 40.0 Å². The van der Waals surface area contributed by atoms with Gasteiger partial charge in [-0.25, -0.2) is 4.98 Å². The van der Waals surface area contributed by atoms with Gasteiger partial charge in [0.05, 0.1) is 5.69 Å². The summed E-state index contributed by atoms with van der Waals surface area (Å²) in [5.74, 6) is 1.74. The van der Waals surface area contributed by atoms with Gasteiger partial charge in [0.25, 0.3) is 5.56 Å². The molecule has 1 unspecified atom stereocenters. The normalized spacial score (nSPS) is 18.4. The van der Waals surface area contributed by atoms with Crippen LogP contribution in [-0.2, 0) is 30.5 Å². The maximum Gasteiger partial charge on any atom is 0.254 e. The lowest BCUT2D eigenvalue weighted by Gasteiger charge is -2.20. The SMILES string of the molecule is Cc1nc2c(c(=O)[nH]1)CCN(C(=O)CCc1ccc3c(c1)CC(C)O3)CC2. The molecule has 0 aliphatic carbocycles. The number of carbonyl (C=O) groups is 1. The Morgan fingerprint density at radius 2 is 2.15 bits per heavy atom. The summed E-state index contributed by atoms with van der Waals surface area (Å²) in [4.78, 5) is 33.9. The average molecular weight is 367 g/mol. The zero-order chi connectivity index (χ0) is 19.0. The Labute approximate surface area is 158 Å². The second-order valence-corrected chi connectivity index (χ2v) is 7.53. The monoisotopic (exact) mass is 367 g/mol. The van der Waals surface area contributed by atoms with Gasteiger partial charge in [-0.3, -0.25) is 9.59 Å². The lowest BCUT2D eigenvalue weighted by molar-refractivity contribution is -0.131. The summed E-state index contributed by atoms with van der Waals surface area (Å²) < 4.78 is 5.74. The van der Waals surface area contributed by atoms with Crippen molar-refractivity contribution in [1.29, 1.82) is 0 Å². The highest BCUT2D eigenvalue weighted by molar-refractivity contribution is 5.76. The lowest BCUT2D eigenvalue weighted by Crippen LogP contribution is -2.33. The fourth-order valence-electron chi connectivity index (χ4n) is 4.02. The van der Waals surface area contributed by atoms with Crippen molar-refractivity contribution >= 4 is 5.91 Å². The van der Waals surface area contributed by atoms with Crippen LogP contribution >= 0.6 is 0 Å². The van der Waals surface area contributed by atoms with Gasteiger partial charge in [0.15, 0.2) is 0 Å². The molecule has 1 aromatic carbocycles. The molecule has 2 aliphatic rings. The number of rotatable bonds is 3. The zero-order valence-electron chi connectivity index (χ0n) is 15.9. The predicted molar refractivity (Wildman–Crippen MR) is 102 cm³/mol. The molecular formula is C21H25N3O3. The van der Waals surface area contributed by atoms with E-state index < -0.39 is 0 Å². The predicted octanol–water partition coefficient (Wildman–Crippen LogP) is 1.96. The number of H-pyrrole nitrogens is 1. The second-order valence-electron chi connectivity index (χ2n) is 7.53. The molecule has 1 aromatic heterocycles. The molecule has 1 atom stereocenters. The maximum atomic E-state index is 12.7. The molecule has 0 fully saturated rings. The Bertz CT molecular complexity index is 935. The van der Waals surface area contributed by atoms with Gasteiger partial charge < -0.3 is 14.6 Å². The van der Waals surface area contributed by atoms with E-state index >= 15 is 0 Å². The Balaban J connectivity index is 1.38. The topological polar surface area (TPSA) is 75.3 Å². The highest BCUT2D eigenvalue weighted by atomic mass is 16.5. The summed E-state index contributed by atoms with van der Waals surface area (Å²) >= 11 is 0. The van der Waals surface area contributed by atoms with Crippen molar-refractivity contribution in [3.8, 4) is 5.75 Å². The van der Waals surface area contributed by atoms with E-state index in [4.69, 9.17) is 4.74 Å². The average Bonchev–Trinajstić information content (AvgIpc) is 2.85. The number of ether oxygens (including phenoxy) is 1. The van der Waals surface area contributed by atoms with Gasteiger partial charge in [-0.05, 0) is 43.9 Å². The van der Waals surface area contributed by atoms with E-state index in [0.29, 0.717) is 38.2 Å². The molecule has 142 valence electrons. The fourth-order valence-corrected chi connectivity index (χ4v) is 4.02. The van der Waals surface area contributed by atoms with Crippen LogP contribution in [0.2, 0.25) is 0 Å². The van der Waals surface area contributed by atoms with Gasteiger partial charge in [0, 0.05) is 37.9 Å². The van der Waals surface area contributed by atoms with Crippen LogP contribution in [0.5, 0.6) is 5.75 Å².